The highest BCUT2D eigenvalue weighted by Crippen LogP contribution is 2.58. The van der Waals surface area contributed by atoms with E-state index in [-0.39, 0.29) is 0 Å². The molecular weight excluding hydrogens is 208 g/mol. The Kier molecular flexibility index (Phi) is 7.18. The van der Waals surface area contributed by atoms with Gasteiger partial charge in [0.15, 0.2) is 0 Å². The largest absolute Gasteiger partial charge is 0.382 e. The van der Waals surface area contributed by atoms with Crippen LogP contribution in [0.15, 0.2) is 0 Å². The minimum atomic E-state index is 0.844. The lowest BCUT2D eigenvalue weighted by molar-refractivity contribution is 0.162. The fourth-order valence-corrected chi connectivity index (χ4v) is 4.22. The van der Waals surface area contributed by atoms with Gasteiger partial charge in [-0.05, 0) is 69.6 Å². The average molecular weight is 240 g/mol. The number of ether oxygens (including phenoxy) is 1. The summed E-state index contributed by atoms with van der Waals surface area (Å²) in [6.45, 7) is 9.67. The van der Waals surface area contributed by atoms with Crippen LogP contribution < -0.4 is 0 Å². The number of fused-ring (bicyclic) bond motifs is 5. The third kappa shape index (κ3) is 3.71. The highest BCUT2D eigenvalue weighted by atomic mass is 16.5. The van der Waals surface area contributed by atoms with Crippen molar-refractivity contribution in [2.24, 2.45) is 23.7 Å². The van der Waals surface area contributed by atoms with Crippen LogP contribution in [-0.2, 0) is 4.74 Å². The van der Waals surface area contributed by atoms with Gasteiger partial charge >= 0.3 is 0 Å². The molecule has 0 radical (unpaired) electrons. The number of hydrogen-bond acceptors (Lipinski definition) is 1. The maximum atomic E-state index is 4.83. The van der Waals surface area contributed by atoms with Gasteiger partial charge < -0.3 is 4.74 Å². The molecule has 4 unspecified atom stereocenters. The van der Waals surface area contributed by atoms with E-state index >= 15 is 0 Å². The Bertz CT molecular complexity index is 172. The van der Waals surface area contributed by atoms with Gasteiger partial charge in [-0.25, -0.2) is 0 Å². The van der Waals surface area contributed by atoms with E-state index in [9.17, 15) is 0 Å². The van der Waals surface area contributed by atoms with Crippen LogP contribution in [-0.4, -0.2) is 13.2 Å². The van der Waals surface area contributed by atoms with Crippen LogP contribution >= 0.6 is 0 Å². The van der Waals surface area contributed by atoms with E-state index in [4.69, 9.17) is 4.74 Å². The van der Waals surface area contributed by atoms with Crippen LogP contribution in [0.1, 0.15) is 66.2 Å². The van der Waals surface area contributed by atoms with Crippen molar-refractivity contribution in [3.63, 3.8) is 0 Å². The molecule has 102 valence electrons. The quantitative estimate of drug-likeness (QED) is 0.667. The van der Waals surface area contributed by atoms with Crippen molar-refractivity contribution in [3.8, 4) is 0 Å². The van der Waals surface area contributed by atoms with E-state index in [1.54, 1.807) is 38.5 Å². The smallest absolute Gasteiger partial charge is 0.0437 e. The van der Waals surface area contributed by atoms with E-state index in [0.717, 1.165) is 13.2 Å². The van der Waals surface area contributed by atoms with Crippen LogP contribution in [0.3, 0.4) is 0 Å². The lowest BCUT2D eigenvalue weighted by Gasteiger charge is -2.23. The molecule has 3 rings (SSSR count). The van der Waals surface area contributed by atoms with Gasteiger partial charge in [0.2, 0.25) is 0 Å². The van der Waals surface area contributed by atoms with Gasteiger partial charge in [-0.15, -0.1) is 0 Å². The molecule has 2 bridgehead atoms. The second-order valence-corrected chi connectivity index (χ2v) is 5.37. The van der Waals surface area contributed by atoms with Crippen molar-refractivity contribution in [3.05, 3.63) is 0 Å². The molecule has 0 spiro atoms. The molecule has 4 atom stereocenters. The zero-order valence-electron chi connectivity index (χ0n) is 12.4. The summed E-state index contributed by atoms with van der Waals surface area (Å²) in [6, 6.07) is 0. The molecule has 3 aliphatic rings. The summed E-state index contributed by atoms with van der Waals surface area (Å²) in [5.74, 6) is 4.80. The molecule has 1 heteroatoms. The average Bonchev–Trinajstić information content (AvgIpc) is 3.07. The summed E-state index contributed by atoms with van der Waals surface area (Å²) in [5.41, 5.74) is 0. The van der Waals surface area contributed by atoms with E-state index in [2.05, 4.69) is 0 Å². The SMILES string of the molecule is C1CC2C3CCC(C3)C2C1.CC.CCOCC. The van der Waals surface area contributed by atoms with Gasteiger partial charge in [0.05, 0.1) is 0 Å². The Morgan fingerprint density at radius 2 is 1.29 bits per heavy atom. The van der Waals surface area contributed by atoms with Crippen LogP contribution in [0.5, 0.6) is 0 Å². The van der Waals surface area contributed by atoms with Crippen molar-refractivity contribution in [2.75, 3.05) is 13.2 Å². The van der Waals surface area contributed by atoms with Gasteiger partial charge in [-0.2, -0.15) is 0 Å². The highest BCUT2D eigenvalue weighted by Gasteiger charge is 2.48. The van der Waals surface area contributed by atoms with E-state index < -0.39 is 0 Å². The molecule has 0 aliphatic heterocycles. The van der Waals surface area contributed by atoms with Gasteiger partial charge in [0.1, 0.15) is 0 Å². The minimum absolute atomic E-state index is 0.844. The monoisotopic (exact) mass is 240 g/mol. The maximum absolute atomic E-state index is 4.83. The zero-order chi connectivity index (χ0) is 12.7. The molecule has 3 saturated carbocycles. The third-order valence-electron chi connectivity index (χ3n) is 4.76. The van der Waals surface area contributed by atoms with Crippen molar-refractivity contribution < 1.29 is 4.74 Å². The molecule has 3 fully saturated rings. The van der Waals surface area contributed by atoms with Gasteiger partial charge in [-0.1, -0.05) is 20.3 Å². The third-order valence-corrected chi connectivity index (χ3v) is 4.76. The molecule has 0 aromatic carbocycles. The van der Waals surface area contributed by atoms with Crippen LogP contribution in [0.4, 0.5) is 0 Å². The Hall–Kier alpha value is -0.0400. The predicted molar refractivity (Wildman–Crippen MR) is 75.2 cm³/mol. The lowest BCUT2D eigenvalue weighted by Crippen LogP contribution is -2.15. The first kappa shape index (κ1) is 15.0. The summed E-state index contributed by atoms with van der Waals surface area (Å²) in [7, 11) is 0. The molecule has 0 aromatic heterocycles. The highest BCUT2D eigenvalue weighted by molar-refractivity contribution is 4.98. The van der Waals surface area contributed by atoms with Gasteiger partial charge in [0, 0.05) is 13.2 Å². The molecule has 17 heavy (non-hydrogen) atoms. The summed E-state index contributed by atoms with van der Waals surface area (Å²) < 4.78 is 4.83. The zero-order valence-corrected chi connectivity index (χ0v) is 12.4. The second-order valence-electron chi connectivity index (χ2n) is 5.37. The molecule has 0 saturated heterocycles. The normalized spacial score (nSPS) is 36.7. The van der Waals surface area contributed by atoms with Crippen molar-refractivity contribution >= 4 is 0 Å². The Balaban J connectivity index is 0.000000180. The second kappa shape index (κ2) is 8.13. The summed E-state index contributed by atoms with van der Waals surface area (Å²) in [4.78, 5) is 0. The summed E-state index contributed by atoms with van der Waals surface area (Å²) in [6.07, 6.45) is 9.53. The molecular formula is C16H32O. The molecule has 0 heterocycles. The minimum Gasteiger partial charge on any atom is -0.382 e. The lowest BCUT2D eigenvalue weighted by atomic mass is 9.82. The van der Waals surface area contributed by atoms with Crippen molar-refractivity contribution in [1.29, 1.82) is 0 Å². The first-order chi connectivity index (χ1) is 8.36. The fraction of sp³-hybridized carbons (Fsp3) is 1.00. The van der Waals surface area contributed by atoms with Gasteiger partial charge in [0.25, 0.3) is 0 Å². The summed E-state index contributed by atoms with van der Waals surface area (Å²) >= 11 is 0. The van der Waals surface area contributed by atoms with E-state index in [1.807, 2.05) is 27.7 Å². The Morgan fingerprint density at radius 1 is 0.824 bits per heavy atom. The molecule has 0 N–H and O–H groups in total. The number of hydrogen-bond donors (Lipinski definition) is 0. The van der Waals surface area contributed by atoms with E-state index in [0.29, 0.717) is 0 Å². The first-order valence-electron chi connectivity index (χ1n) is 7.94. The van der Waals surface area contributed by atoms with Crippen molar-refractivity contribution in [2.45, 2.75) is 66.2 Å². The van der Waals surface area contributed by atoms with Crippen LogP contribution in [0.2, 0.25) is 0 Å². The molecule has 1 nitrogen and oxygen atoms in total. The van der Waals surface area contributed by atoms with Gasteiger partial charge in [-0.3, -0.25) is 0 Å². The molecule has 3 aliphatic carbocycles. The molecule has 0 amide bonds. The van der Waals surface area contributed by atoms with Crippen LogP contribution in [0.25, 0.3) is 0 Å². The summed E-state index contributed by atoms with van der Waals surface area (Å²) in [5, 5.41) is 0. The first-order valence-corrected chi connectivity index (χ1v) is 7.94. The fourth-order valence-electron chi connectivity index (χ4n) is 4.22. The predicted octanol–water partition coefficient (Wildman–Crippen LogP) is 4.90. The topological polar surface area (TPSA) is 9.23 Å². The van der Waals surface area contributed by atoms with Crippen molar-refractivity contribution in [1.82, 2.24) is 0 Å². The maximum Gasteiger partial charge on any atom is 0.0437 e. The Morgan fingerprint density at radius 3 is 1.65 bits per heavy atom. The number of rotatable bonds is 2. The standard InChI is InChI=1S/C10H16.C4H10O.C2H6/c1-2-9-7-4-5-8(6-7)10(9)3-1;1-3-5-4-2;1-2/h7-10H,1-6H2;3-4H2,1-2H3;1-2H3. The van der Waals surface area contributed by atoms with E-state index in [1.165, 1.54) is 23.7 Å². The van der Waals surface area contributed by atoms with Crippen LogP contribution in [0, 0.1) is 23.7 Å². The Labute approximate surface area is 108 Å². The molecule has 0 aromatic rings.